The molecule has 106 heavy (non-hydrogen) atoms. The highest BCUT2D eigenvalue weighted by Crippen LogP contribution is 2.61. The third-order valence-electron chi connectivity index (χ3n) is 22.9. The molecule has 502 valence electrons. The average molecular weight is 1390 g/mol. The molecule has 18 aromatic rings. The van der Waals surface area contributed by atoms with Crippen LogP contribution in [0, 0.1) is 27.7 Å². The van der Waals surface area contributed by atoms with Gasteiger partial charge in [-0.1, -0.05) is 303 Å². The number of fused-ring (bicyclic) bond motifs is 12. The SMILES string of the molecule is Cc1cc(-c2ccc(N(c3ccc4c(c3)C(c3ccccc3)(c3ccccc3)c3ccccc3-4)c3c(C)cccc3-c3cccc4c3sc3ccccc34)c(C)c2)ccc1N(c1ccc2c(c1)C(c1ccccc1)(c1ccccc1)c1ccccc1-2)c1c(C)cccc1-c1cccc2c1sc1ccccc12. The molecule has 0 bridgehead atoms. The molecular weight excluding hydrogens is 1320 g/mol. The van der Waals surface area contributed by atoms with Gasteiger partial charge in [-0.2, -0.15) is 0 Å². The van der Waals surface area contributed by atoms with Crippen LogP contribution in [0.3, 0.4) is 0 Å². The first-order chi connectivity index (χ1) is 52.2. The molecule has 0 atom stereocenters. The fraction of sp³-hybridized carbons (Fsp3) is 0.0588. The molecule has 2 nitrogen and oxygen atoms in total. The van der Waals surface area contributed by atoms with E-state index in [0.29, 0.717) is 0 Å². The molecule has 2 heterocycles. The predicted octanol–water partition coefficient (Wildman–Crippen LogP) is 28.3. The lowest BCUT2D eigenvalue weighted by Crippen LogP contribution is -2.28. The smallest absolute Gasteiger partial charge is 0.0714 e. The molecule has 0 amide bonds. The van der Waals surface area contributed by atoms with Crippen LogP contribution in [0.4, 0.5) is 34.1 Å². The topological polar surface area (TPSA) is 6.48 Å². The van der Waals surface area contributed by atoms with Gasteiger partial charge in [0.1, 0.15) is 0 Å². The molecular formula is C102H72N2S2. The van der Waals surface area contributed by atoms with Crippen molar-refractivity contribution in [1.82, 2.24) is 0 Å². The predicted molar refractivity (Wildman–Crippen MR) is 451 cm³/mol. The summed E-state index contributed by atoms with van der Waals surface area (Å²) in [7, 11) is 0. The Kier molecular flexibility index (Phi) is 15.0. The van der Waals surface area contributed by atoms with Gasteiger partial charge in [-0.25, -0.2) is 0 Å². The molecule has 0 fully saturated rings. The highest BCUT2D eigenvalue weighted by atomic mass is 32.1. The molecule has 0 saturated carbocycles. The molecule has 0 spiro atoms. The van der Waals surface area contributed by atoms with Crippen LogP contribution in [0.5, 0.6) is 0 Å². The van der Waals surface area contributed by atoms with Gasteiger partial charge < -0.3 is 9.80 Å². The Balaban J connectivity index is 0.779. The molecule has 2 aliphatic rings. The Morgan fingerprint density at radius 3 is 0.943 bits per heavy atom. The van der Waals surface area contributed by atoms with Crippen LogP contribution in [0.1, 0.15) is 66.8 Å². The van der Waals surface area contributed by atoms with Gasteiger partial charge in [-0.05, 0) is 189 Å². The Labute approximate surface area is 627 Å². The Morgan fingerprint density at radius 1 is 0.226 bits per heavy atom. The number of nitrogens with zero attached hydrogens (tertiary/aromatic N) is 2. The van der Waals surface area contributed by atoms with E-state index in [1.54, 1.807) is 0 Å². The Morgan fingerprint density at radius 2 is 0.547 bits per heavy atom. The van der Waals surface area contributed by atoms with Crippen LogP contribution >= 0.6 is 22.7 Å². The molecule has 2 aromatic heterocycles. The van der Waals surface area contributed by atoms with Crippen molar-refractivity contribution in [3.63, 3.8) is 0 Å². The van der Waals surface area contributed by atoms with E-state index in [-0.39, 0.29) is 0 Å². The summed E-state index contributed by atoms with van der Waals surface area (Å²) < 4.78 is 5.16. The summed E-state index contributed by atoms with van der Waals surface area (Å²) in [5.41, 5.74) is 32.5. The number of benzene rings is 16. The maximum atomic E-state index is 2.59. The summed E-state index contributed by atoms with van der Waals surface area (Å²) >= 11 is 3.78. The standard InChI is InChI=1S/C102H72N2S2/c1-65-29-25-43-83(87-47-27-45-85-81-41-19-23-51-95(81)105-99(85)87)97(65)103(75-55-57-79-77-39-17-21-49-89(77)101(91(79)63-75,71-31-9-5-10-32-71)72-33-11-6-12-34-72)93-59-53-69(61-67(93)3)70-54-60-94(68(4)62-70)104(98-66(2)30-26-44-84(98)88-48-28-46-86-82-42-20-24-52-96(82)106-100(86)88)76-56-58-80-78-40-18-22-50-90(78)102(92(80)64-76,73-35-13-7-14-36-73)74-37-15-8-16-38-74/h5-64H,1-4H3. The second-order valence-electron chi connectivity index (χ2n) is 28.7. The molecule has 2 aliphatic carbocycles. The number of rotatable bonds is 13. The number of thiophene rings is 2. The van der Waals surface area contributed by atoms with Crippen molar-refractivity contribution in [1.29, 1.82) is 0 Å². The van der Waals surface area contributed by atoms with Crippen LogP contribution < -0.4 is 9.80 Å². The first-order valence-corrected chi connectivity index (χ1v) is 38.4. The van der Waals surface area contributed by atoms with Crippen molar-refractivity contribution in [2.45, 2.75) is 38.5 Å². The third kappa shape index (κ3) is 9.61. The van der Waals surface area contributed by atoms with E-state index in [9.17, 15) is 0 Å². The van der Waals surface area contributed by atoms with Crippen molar-refractivity contribution in [2.24, 2.45) is 0 Å². The fourth-order valence-corrected chi connectivity index (χ4v) is 20.8. The van der Waals surface area contributed by atoms with Crippen LogP contribution in [0.25, 0.3) is 96.0 Å². The highest BCUT2D eigenvalue weighted by molar-refractivity contribution is 7.26. The van der Waals surface area contributed by atoms with Crippen molar-refractivity contribution >= 4 is 97.1 Å². The molecule has 0 saturated heterocycles. The van der Waals surface area contributed by atoms with Gasteiger partial charge in [0, 0.05) is 85.3 Å². The van der Waals surface area contributed by atoms with E-state index in [0.717, 1.165) is 56.4 Å². The molecule has 16 aromatic carbocycles. The normalized spacial score (nSPS) is 13.1. The van der Waals surface area contributed by atoms with Gasteiger partial charge in [0.15, 0.2) is 0 Å². The van der Waals surface area contributed by atoms with Gasteiger partial charge >= 0.3 is 0 Å². The second-order valence-corrected chi connectivity index (χ2v) is 30.8. The zero-order valence-electron chi connectivity index (χ0n) is 59.4. The lowest BCUT2D eigenvalue weighted by Gasteiger charge is -2.36. The Bertz CT molecular complexity index is 6050. The quantitative estimate of drug-likeness (QED) is 0.114. The summed E-state index contributed by atoms with van der Waals surface area (Å²) in [6.07, 6.45) is 0. The first kappa shape index (κ1) is 63.3. The van der Waals surface area contributed by atoms with Gasteiger partial charge in [0.05, 0.1) is 22.2 Å². The molecule has 0 radical (unpaired) electrons. The van der Waals surface area contributed by atoms with Crippen LogP contribution in [0.15, 0.2) is 364 Å². The fourth-order valence-electron chi connectivity index (χ4n) is 18.4. The average Bonchev–Trinajstić information content (AvgIpc) is 1.54. The Hall–Kier alpha value is -12.4. The lowest BCUT2D eigenvalue weighted by atomic mass is 9.67. The van der Waals surface area contributed by atoms with Crippen molar-refractivity contribution in [3.05, 3.63) is 431 Å². The second kappa shape index (κ2) is 25.2. The third-order valence-corrected chi connectivity index (χ3v) is 25.4. The van der Waals surface area contributed by atoms with Crippen molar-refractivity contribution < 1.29 is 0 Å². The van der Waals surface area contributed by atoms with Crippen molar-refractivity contribution in [2.75, 3.05) is 9.80 Å². The molecule has 0 aliphatic heterocycles. The van der Waals surface area contributed by atoms with Crippen molar-refractivity contribution in [3.8, 4) is 55.6 Å². The summed E-state index contributed by atoms with van der Waals surface area (Å²) in [5.74, 6) is 0. The van der Waals surface area contributed by atoms with E-state index in [1.165, 1.54) is 140 Å². The van der Waals surface area contributed by atoms with Gasteiger partial charge in [0.2, 0.25) is 0 Å². The minimum atomic E-state index is -0.596. The number of anilines is 6. The first-order valence-electron chi connectivity index (χ1n) is 36.8. The number of hydrogen-bond acceptors (Lipinski definition) is 4. The maximum Gasteiger partial charge on any atom is 0.0714 e. The molecule has 0 N–H and O–H groups in total. The lowest BCUT2D eigenvalue weighted by molar-refractivity contribution is 0.768. The maximum absolute atomic E-state index is 2.59. The van der Waals surface area contributed by atoms with Crippen LogP contribution in [-0.2, 0) is 10.8 Å². The number of aryl methyl sites for hydroxylation is 4. The zero-order valence-corrected chi connectivity index (χ0v) is 61.0. The van der Waals surface area contributed by atoms with E-state index < -0.39 is 10.8 Å². The molecule has 20 rings (SSSR count). The van der Waals surface area contributed by atoms with E-state index in [4.69, 9.17) is 0 Å². The largest absolute Gasteiger partial charge is 0.309 e. The van der Waals surface area contributed by atoms with Crippen LogP contribution in [0.2, 0.25) is 0 Å². The van der Waals surface area contributed by atoms with E-state index in [1.807, 2.05) is 22.7 Å². The number of hydrogen-bond donors (Lipinski definition) is 0. The van der Waals surface area contributed by atoms with Gasteiger partial charge in [-0.15, -0.1) is 22.7 Å². The minimum absolute atomic E-state index is 0.596. The van der Waals surface area contributed by atoms with Gasteiger partial charge in [0.25, 0.3) is 0 Å². The monoisotopic (exact) mass is 1390 g/mol. The minimum Gasteiger partial charge on any atom is -0.309 e. The number of para-hydroxylation sites is 2. The van der Waals surface area contributed by atoms with Gasteiger partial charge in [-0.3, -0.25) is 0 Å². The van der Waals surface area contributed by atoms with E-state index >= 15 is 0 Å². The molecule has 4 heteroatoms. The zero-order chi connectivity index (χ0) is 70.8. The summed E-state index contributed by atoms with van der Waals surface area (Å²) in [6, 6.07) is 137. The highest BCUT2D eigenvalue weighted by Gasteiger charge is 2.48. The summed E-state index contributed by atoms with van der Waals surface area (Å²) in [5, 5.41) is 5.14. The molecule has 0 unspecified atom stereocenters. The van der Waals surface area contributed by atoms with E-state index in [2.05, 4.69) is 401 Å². The van der Waals surface area contributed by atoms with Crippen LogP contribution in [-0.4, -0.2) is 0 Å². The summed E-state index contributed by atoms with van der Waals surface area (Å²) in [4.78, 5) is 5.18. The summed E-state index contributed by atoms with van der Waals surface area (Å²) in [6.45, 7) is 9.22.